The van der Waals surface area contributed by atoms with Crippen LogP contribution in [0.25, 0.3) is 0 Å². The molecule has 0 saturated carbocycles. The lowest BCUT2D eigenvalue weighted by Crippen LogP contribution is -2.57. The Labute approximate surface area is 128 Å². The van der Waals surface area contributed by atoms with Gasteiger partial charge in [0, 0.05) is 17.1 Å². The fourth-order valence-electron chi connectivity index (χ4n) is 2.90. The molecule has 0 fully saturated rings. The molecule has 0 spiro atoms. The third-order valence-corrected chi connectivity index (χ3v) is 4.98. The van der Waals surface area contributed by atoms with E-state index in [1.807, 2.05) is 14.1 Å². The molecule has 0 saturated heterocycles. The summed E-state index contributed by atoms with van der Waals surface area (Å²) in [7, 11) is 3.92. The largest absolute Gasteiger partial charge is 0.326 e. The molecule has 1 rings (SSSR count). The third-order valence-electron chi connectivity index (χ3n) is 4.37. The van der Waals surface area contributed by atoms with E-state index in [1.165, 1.54) is 12.1 Å². The predicted octanol–water partition coefficient (Wildman–Crippen LogP) is 3.72. The van der Waals surface area contributed by atoms with E-state index >= 15 is 0 Å². The third kappa shape index (κ3) is 3.21. The topological polar surface area (TPSA) is 29.3 Å². The molecule has 1 aromatic rings. The number of hydrogen-bond donors (Lipinski definition) is 1. The first kappa shape index (κ1) is 17.5. The second-order valence-corrected chi connectivity index (χ2v) is 6.19. The van der Waals surface area contributed by atoms with Crippen molar-refractivity contribution in [2.24, 2.45) is 5.73 Å². The fraction of sp³-hybridized carbons (Fsp3) is 0.600. The van der Waals surface area contributed by atoms with Crippen molar-refractivity contribution < 1.29 is 8.78 Å². The van der Waals surface area contributed by atoms with Gasteiger partial charge in [0.1, 0.15) is 11.6 Å². The maximum absolute atomic E-state index is 14.1. The Morgan fingerprint density at radius 2 is 1.80 bits per heavy atom. The molecule has 0 aliphatic carbocycles. The van der Waals surface area contributed by atoms with E-state index in [9.17, 15) is 8.78 Å². The first-order chi connectivity index (χ1) is 9.30. The van der Waals surface area contributed by atoms with Gasteiger partial charge in [-0.15, -0.1) is 0 Å². The summed E-state index contributed by atoms with van der Waals surface area (Å²) in [5, 5.41) is 0. The highest BCUT2D eigenvalue weighted by molar-refractivity contribution is 9.10. The Hall–Kier alpha value is -0.520. The summed E-state index contributed by atoms with van der Waals surface area (Å²) in [5.74, 6) is -1.10. The number of likely N-dealkylation sites (N-methyl/N-ethyl adjacent to an activating group) is 1. The van der Waals surface area contributed by atoms with Crippen molar-refractivity contribution in [3.05, 3.63) is 33.8 Å². The first-order valence-corrected chi connectivity index (χ1v) is 7.64. The zero-order chi connectivity index (χ0) is 15.5. The van der Waals surface area contributed by atoms with Crippen LogP contribution in [0.1, 0.15) is 32.3 Å². The molecule has 0 aromatic heterocycles. The van der Waals surface area contributed by atoms with Crippen LogP contribution < -0.4 is 5.73 Å². The molecule has 0 aliphatic rings. The van der Waals surface area contributed by atoms with Crippen molar-refractivity contribution in [3.8, 4) is 0 Å². The molecule has 1 unspecified atom stereocenters. The van der Waals surface area contributed by atoms with Crippen molar-refractivity contribution in [2.75, 3.05) is 14.1 Å². The number of halogens is 3. The molecule has 1 aromatic carbocycles. The van der Waals surface area contributed by atoms with Gasteiger partial charge in [-0.25, -0.2) is 8.78 Å². The Morgan fingerprint density at radius 3 is 2.25 bits per heavy atom. The summed E-state index contributed by atoms with van der Waals surface area (Å²) in [6.07, 6.45) is 1.83. The van der Waals surface area contributed by atoms with Crippen LogP contribution in [0, 0.1) is 11.6 Å². The monoisotopic (exact) mass is 348 g/mol. The lowest BCUT2D eigenvalue weighted by Gasteiger charge is -2.43. The summed E-state index contributed by atoms with van der Waals surface area (Å²) in [6.45, 7) is 4.11. The van der Waals surface area contributed by atoms with Crippen molar-refractivity contribution in [2.45, 2.75) is 44.7 Å². The molecule has 2 nitrogen and oxygen atoms in total. The van der Waals surface area contributed by atoms with Crippen molar-refractivity contribution in [1.29, 1.82) is 0 Å². The number of nitrogens with zero attached hydrogens (tertiary/aromatic N) is 1. The maximum atomic E-state index is 14.1. The van der Waals surface area contributed by atoms with E-state index in [-0.39, 0.29) is 28.0 Å². The Balaban J connectivity index is 3.12. The molecular weight excluding hydrogens is 326 g/mol. The molecule has 20 heavy (non-hydrogen) atoms. The van der Waals surface area contributed by atoms with Crippen LogP contribution in [0.15, 0.2) is 16.6 Å². The van der Waals surface area contributed by atoms with Crippen molar-refractivity contribution in [3.63, 3.8) is 0 Å². The van der Waals surface area contributed by atoms with Gasteiger partial charge in [-0.1, -0.05) is 13.8 Å². The second kappa shape index (κ2) is 6.96. The van der Waals surface area contributed by atoms with Gasteiger partial charge in [-0.05, 0) is 61.4 Å². The Bertz CT molecular complexity index is 459. The number of benzene rings is 1. The zero-order valence-corrected chi connectivity index (χ0v) is 14.1. The van der Waals surface area contributed by atoms with E-state index in [4.69, 9.17) is 5.73 Å². The molecule has 5 heteroatoms. The van der Waals surface area contributed by atoms with Crippen LogP contribution in [-0.2, 0) is 6.42 Å². The van der Waals surface area contributed by atoms with Crippen LogP contribution >= 0.6 is 15.9 Å². The molecule has 0 heterocycles. The lowest BCUT2D eigenvalue weighted by molar-refractivity contribution is 0.105. The van der Waals surface area contributed by atoms with E-state index < -0.39 is 11.6 Å². The summed E-state index contributed by atoms with van der Waals surface area (Å²) >= 11 is 3.09. The molecule has 0 radical (unpaired) electrons. The van der Waals surface area contributed by atoms with Gasteiger partial charge in [0.05, 0.1) is 4.47 Å². The van der Waals surface area contributed by atoms with Gasteiger partial charge >= 0.3 is 0 Å². The minimum atomic E-state index is -0.555. The average Bonchev–Trinajstić information content (AvgIpc) is 2.41. The van der Waals surface area contributed by atoms with Crippen LogP contribution in [0.4, 0.5) is 8.78 Å². The van der Waals surface area contributed by atoms with Gasteiger partial charge in [0.2, 0.25) is 0 Å². The highest BCUT2D eigenvalue weighted by Gasteiger charge is 2.36. The first-order valence-electron chi connectivity index (χ1n) is 6.85. The number of rotatable bonds is 6. The molecule has 0 amide bonds. The SMILES string of the molecule is CCC(CC)(C(N)Cc1c(F)ccc(Br)c1F)N(C)C. The second-order valence-electron chi connectivity index (χ2n) is 5.34. The zero-order valence-electron chi connectivity index (χ0n) is 12.5. The average molecular weight is 349 g/mol. The molecular formula is C15H23BrF2N2. The predicted molar refractivity (Wildman–Crippen MR) is 82.7 cm³/mol. The van der Waals surface area contributed by atoms with Crippen LogP contribution in [0.5, 0.6) is 0 Å². The lowest BCUT2D eigenvalue weighted by atomic mass is 9.80. The smallest absolute Gasteiger partial charge is 0.143 e. The van der Waals surface area contributed by atoms with E-state index in [1.54, 1.807) is 0 Å². The Kier molecular flexibility index (Phi) is 6.10. The van der Waals surface area contributed by atoms with Gasteiger partial charge in [0.25, 0.3) is 0 Å². The van der Waals surface area contributed by atoms with E-state index in [0.717, 1.165) is 12.8 Å². The quantitative estimate of drug-likeness (QED) is 0.794. The summed E-state index contributed by atoms with van der Waals surface area (Å²) in [5.41, 5.74) is 6.10. The minimum absolute atomic E-state index is 0.0556. The molecule has 2 N–H and O–H groups in total. The minimum Gasteiger partial charge on any atom is -0.326 e. The van der Waals surface area contributed by atoms with E-state index in [2.05, 4.69) is 34.7 Å². The van der Waals surface area contributed by atoms with Crippen LogP contribution in [0.3, 0.4) is 0 Å². The standard InChI is InChI=1S/C15H23BrF2N2/c1-5-15(6-2,20(3)4)13(19)9-10-12(17)8-7-11(16)14(10)18/h7-8,13H,5-6,9,19H2,1-4H3. The summed E-state index contributed by atoms with van der Waals surface area (Å²) in [6, 6.07) is 2.30. The van der Waals surface area contributed by atoms with Crippen molar-refractivity contribution >= 4 is 15.9 Å². The molecule has 0 aliphatic heterocycles. The highest BCUT2D eigenvalue weighted by atomic mass is 79.9. The number of nitrogens with two attached hydrogens (primary N) is 1. The Morgan fingerprint density at radius 1 is 1.25 bits per heavy atom. The molecule has 0 bridgehead atoms. The van der Waals surface area contributed by atoms with Gasteiger partial charge < -0.3 is 10.6 Å². The molecule has 1 atom stereocenters. The van der Waals surface area contributed by atoms with Crippen LogP contribution in [-0.4, -0.2) is 30.6 Å². The van der Waals surface area contributed by atoms with E-state index in [0.29, 0.717) is 0 Å². The normalized spacial score (nSPS) is 13.8. The maximum Gasteiger partial charge on any atom is 0.143 e. The van der Waals surface area contributed by atoms with Gasteiger partial charge in [-0.3, -0.25) is 0 Å². The van der Waals surface area contributed by atoms with Gasteiger partial charge in [0.15, 0.2) is 0 Å². The molecule has 114 valence electrons. The summed E-state index contributed by atoms with van der Waals surface area (Å²) in [4.78, 5) is 2.06. The number of hydrogen-bond acceptors (Lipinski definition) is 2. The van der Waals surface area contributed by atoms with Crippen LogP contribution in [0.2, 0.25) is 0 Å². The van der Waals surface area contributed by atoms with Crippen molar-refractivity contribution in [1.82, 2.24) is 4.90 Å². The fourth-order valence-corrected chi connectivity index (χ4v) is 3.28. The highest BCUT2D eigenvalue weighted by Crippen LogP contribution is 2.29. The van der Waals surface area contributed by atoms with Gasteiger partial charge in [-0.2, -0.15) is 0 Å². The summed E-state index contributed by atoms with van der Waals surface area (Å²) < 4.78 is 28.2.